The van der Waals surface area contributed by atoms with Gasteiger partial charge < -0.3 is 14.8 Å². The highest BCUT2D eigenvalue weighted by molar-refractivity contribution is 6.31. The molecule has 2 N–H and O–H groups in total. The number of carbonyl (C=O) groups is 3. The molecule has 13 heteroatoms. The molecular weight excluding hydrogens is 541 g/mol. The minimum absolute atomic E-state index is 0.00821. The largest absolute Gasteiger partial charge is 0.491 e. The third kappa shape index (κ3) is 4.32. The van der Waals surface area contributed by atoms with Crippen molar-refractivity contribution in [1.82, 2.24) is 14.9 Å². The van der Waals surface area contributed by atoms with Gasteiger partial charge in [-0.25, -0.2) is 14.6 Å². The van der Waals surface area contributed by atoms with Crippen LogP contribution >= 0.6 is 11.6 Å². The van der Waals surface area contributed by atoms with E-state index in [0.717, 1.165) is 9.80 Å². The van der Waals surface area contributed by atoms with Gasteiger partial charge in [-0.1, -0.05) is 54.1 Å². The number of fused-ring (bicyclic) bond motifs is 2. The summed E-state index contributed by atoms with van der Waals surface area (Å²) < 4.78 is 46.1. The van der Waals surface area contributed by atoms with Gasteiger partial charge >= 0.3 is 18.2 Å². The Hall–Kier alpha value is -4.58. The number of nitrogens with one attached hydrogen (secondary N) is 1. The molecule has 0 saturated heterocycles. The van der Waals surface area contributed by atoms with Crippen LogP contribution in [0.2, 0.25) is 5.02 Å². The van der Waals surface area contributed by atoms with Crippen LogP contribution < -0.4 is 4.90 Å². The Morgan fingerprint density at radius 3 is 2.51 bits per heavy atom. The van der Waals surface area contributed by atoms with Crippen LogP contribution in [-0.4, -0.2) is 51.2 Å². The van der Waals surface area contributed by atoms with Gasteiger partial charge in [-0.3, -0.25) is 14.6 Å². The van der Waals surface area contributed by atoms with Crippen LogP contribution in [0.4, 0.5) is 23.9 Å². The second-order valence-electron chi connectivity index (χ2n) is 8.69. The zero-order valence-electron chi connectivity index (χ0n) is 20.0. The van der Waals surface area contributed by atoms with Gasteiger partial charge in [0.1, 0.15) is 0 Å². The average Bonchev–Trinajstić information content (AvgIpc) is 3.42. The number of rotatable bonds is 5. The number of aromatic nitrogens is 2. The number of benzene rings is 3. The Labute approximate surface area is 223 Å². The molecule has 5 rings (SSSR count). The zero-order valence-corrected chi connectivity index (χ0v) is 20.7. The monoisotopic (exact) mass is 558 g/mol. The summed E-state index contributed by atoms with van der Waals surface area (Å²) in [6.07, 6.45) is -6.68. The molecule has 200 valence electrons. The maximum atomic E-state index is 13.7. The number of esters is 1. The lowest BCUT2D eigenvalue weighted by molar-refractivity contribution is -0.222. The predicted molar refractivity (Wildman–Crippen MR) is 133 cm³/mol. The van der Waals surface area contributed by atoms with E-state index < -0.39 is 29.9 Å². The summed E-state index contributed by atoms with van der Waals surface area (Å²) in [6, 6.07) is 16.5. The molecule has 0 fully saturated rings. The Balaban J connectivity index is 1.76. The van der Waals surface area contributed by atoms with Crippen LogP contribution in [0.1, 0.15) is 27.0 Å². The first kappa shape index (κ1) is 26.0. The molecule has 1 aliphatic rings. The predicted octanol–water partition coefficient (Wildman–Crippen LogP) is 5.29. The third-order valence-corrected chi connectivity index (χ3v) is 6.74. The maximum Gasteiger partial charge on any atom is 0.491 e. The number of halogens is 4. The summed E-state index contributed by atoms with van der Waals surface area (Å²) in [5.74, 6) is -3.24. The van der Waals surface area contributed by atoms with E-state index in [2.05, 4.69) is 9.97 Å². The van der Waals surface area contributed by atoms with Gasteiger partial charge in [-0.05, 0) is 29.8 Å². The van der Waals surface area contributed by atoms with Gasteiger partial charge in [-0.2, -0.15) is 13.2 Å². The molecule has 39 heavy (non-hydrogen) atoms. The lowest BCUT2D eigenvalue weighted by Crippen LogP contribution is -2.49. The Morgan fingerprint density at radius 2 is 1.82 bits per heavy atom. The van der Waals surface area contributed by atoms with Crippen molar-refractivity contribution in [3.05, 3.63) is 94.0 Å². The fourth-order valence-electron chi connectivity index (χ4n) is 4.51. The van der Waals surface area contributed by atoms with Crippen molar-refractivity contribution in [2.24, 2.45) is 0 Å². The lowest BCUT2D eigenvalue weighted by atomic mass is 9.92. The van der Waals surface area contributed by atoms with Crippen LogP contribution in [0.5, 0.6) is 0 Å². The van der Waals surface area contributed by atoms with Gasteiger partial charge in [0.25, 0.3) is 5.91 Å². The second-order valence-corrected chi connectivity index (χ2v) is 9.10. The number of amides is 2. The number of carboxylic acid groups (broad SMARTS) is 1. The van der Waals surface area contributed by atoms with Gasteiger partial charge in [0, 0.05) is 28.8 Å². The van der Waals surface area contributed by atoms with Crippen molar-refractivity contribution in [3.63, 3.8) is 0 Å². The zero-order chi connectivity index (χ0) is 28.1. The van der Waals surface area contributed by atoms with E-state index in [1.807, 2.05) is 0 Å². The number of nitrogens with zero attached hydrogens (tertiary/aromatic N) is 3. The quantitative estimate of drug-likeness (QED) is 0.321. The number of hydrogen-bond acceptors (Lipinski definition) is 5. The summed E-state index contributed by atoms with van der Waals surface area (Å²) in [5, 5.41) is 9.54. The second kappa shape index (κ2) is 9.31. The number of H-pyrrole nitrogens is 1. The molecule has 0 radical (unpaired) electrons. The standard InChI is InChI=1S/C26H18ClF3N4O5/c1-33(24(37)38)23-31-19-11-10-15(12-20(19)32-23)25(39-22(36)26(28,29)30)17-8-4-3-7-16(17)21(35)34(25)13-14-6-2-5-9-18(14)27/h2-12H,13H2,1H3,(H,31,32)(H,37,38). The fraction of sp³-hybridized carbons (Fsp3) is 0.154. The number of ether oxygens (including phenoxy) is 1. The van der Waals surface area contributed by atoms with Crippen LogP contribution in [0.15, 0.2) is 66.7 Å². The van der Waals surface area contributed by atoms with E-state index in [9.17, 15) is 32.7 Å². The lowest BCUT2D eigenvalue weighted by Gasteiger charge is -2.39. The van der Waals surface area contributed by atoms with Crippen molar-refractivity contribution >= 4 is 46.6 Å². The Bertz CT molecular complexity index is 1640. The first-order valence-electron chi connectivity index (χ1n) is 11.4. The maximum absolute atomic E-state index is 13.7. The number of imidazole rings is 1. The van der Waals surface area contributed by atoms with Crippen LogP contribution in [-0.2, 0) is 21.8 Å². The number of carbonyl (C=O) groups excluding carboxylic acids is 2. The first-order chi connectivity index (χ1) is 18.4. The van der Waals surface area contributed by atoms with Crippen LogP contribution in [0.25, 0.3) is 11.0 Å². The molecule has 0 bridgehead atoms. The molecule has 1 atom stereocenters. The topological polar surface area (TPSA) is 116 Å². The molecule has 1 aliphatic heterocycles. The minimum Gasteiger partial charge on any atom is -0.465 e. The number of anilines is 1. The summed E-state index contributed by atoms with van der Waals surface area (Å²) >= 11 is 6.32. The van der Waals surface area contributed by atoms with Gasteiger partial charge in [0.2, 0.25) is 11.7 Å². The van der Waals surface area contributed by atoms with Crippen molar-refractivity contribution in [3.8, 4) is 0 Å². The number of aromatic amines is 1. The smallest absolute Gasteiger partial charge is 0.465 e. The number of alkyl halides is 3. The molecule has 0 saturated carbocycles. The molecule has 2 amide bonds. The summed E-state index contributed by atoms with van der Waals surface area (Å²) in [4.78, 5) is 46.3. The average molecular weight is 559 g/mol. The van der Waals surface area contributed by atoms with Crippen molar-refractivity contribution in [2.45, 2.75) is 18.4 Å². The molecule has 0 aliphatic carbocycles. The molecule has 1 unspecified atom stereocenters. The molecule has 1 aromatic heterocycles. The molecule has 0 spiro atoms. The Morgan fingerprint density at radius 1 is 1.13 bits per heavy atom. The van der Waals surface area contributed by atoms with E-state index in [0.29, 0.717) is 5.56 Å². The van der Waals surface area contributed by atoms with E-state index in [1.54, 1.807) is 24.3 Å². The SMILES string of the molecule is CN(C(=O)O)c1nc2ccc(C3(OC(=O)C(F)(F)F)c4ccccc4C(=O)N3Cc3ccccc3Cl)cc2[nH]1. The van der Waals surface area contributed by atoms with E-state index in [1.165, 1.54) is 49.5 Å². The highest BCUT2D eigenvalue weighted by atomic mass is 35.5. The van der Waals surface area contributed by atoms with Gasteiger partial charge in [-0.15, -0.1) is 0 Å². The summed E-state index contributed by atoms with van der Waals surface area (Å²) in [5.41, 5.74) is -1.39. The minimum atomic E-state index is -5.38. The summed E-state index contributed by atoms with van der Waals surface area (Å²) in [6.45, 7) is -0.299. The molecule has 3 aromatic carbocycles. The van der Waals surface area contributed by atoms with E-state index in [4.69, 9.17) is 16.3 Å². The highest BCUT2D eigenvalue weighted by Crippen LogP contribution is 2.48. The molecule has 9 nitrogen and oxygen atoms in total. The highest BCUT2D eigenvalue weighted by Gasteiger charge is 2.57. The van der Waals surface area contributed by atoms with Crippen molar-refractivity contribution in [1.29, 1.82) is 0 Å². The van der Waals surface area contributed by atoms with Crippen molar-refractivity contribution < 1.29 is 37.4 Å². The van der Waals surface area contributed by atoms with Crippen molar-refractivity contribution in [2.75, 3.05) is 11.9 Å². The number of hydrogen-bond donors (Lipinski definition) is 2. The van der Waals surface area contributed by atoms with E-state index >= 15 is 0 Å². The molecular formula is C26H18ClF3N4O5. The van der Waals surface area contributed by atoms with Crippen LogP contribution in [0, 0.1) is 0 Å². The summed E-state index contributed by atoms with van der Waals surface area (Å²) in [7, 11) is 1.25. The molecule has 4 aromatic rings. The molecule has 2 heterocycles. The van der Waals surface area contributed by atoms with Crippen LogP contribution in [0.3, 0.4) is 0 Å². The third-order valence-electron chi connectivity index (χ3n) is 6.37. The fourth-order valence-corrected chi connectivity index (χ4v) is 4.70. The normalized spacial score (nSPS) is 16.8. The Kier molecular flexibility index (Phi) is 6.22. The van der Waals surface area contributed by atoms with Gasteiger partial charge in [0.15, 0.2) is 0 Å². The van der Waals surface area contributed by atoms with E-state index in [-0.39, 0.29) is 45.2 Å². The first-order valence-corrected chi connectivity index (χ1v) is 11.7. The van der Waals surface area contributed by atoms with Gasteiger partial charge in [0.05, 0.1) is 17.6 Å².